The van der Waals surface area contributed by atoms with E-state index in [1.807, 2.05) is 6.07 Å². The van der Waals surface area contributed by atoms with Crippen molar-refractivity contribution in [3.05, 3.63) is 104 Å². The number of carbonyl (C=O) groups excluding carboxylic acids is 1. The number of aromatic amines is 1. The SMILES string of the molecule is N#Cc1cccc(C(=O)c2cccc(Cn3ccc(=O)[nH]c3=O)c2)c1. The van der Waals surface area contributed by atoms with Gasteiger partial charge in [0.05, 0.1) is 18.2 Å². The number of hydrogen-bond acceptors (Lipinski definition) is 4. The fraction of sp³-hybridized carbons (Fsp3) is 0.0526. The van der Waals surface area contributed by atoms with Crippen LogP contribution in [0.25, 0.3) is 0 Å². The molecule has 3 rings (SSSR count). The summed E-state index contributed by atoms with van der Waals surface area (Å²) in [6, 6.07) is 16.7. The second-order valence-corrected chi connectivity index (χ2v) is 5.46. The second kappa shape index (κ2) is 6.81. The van der Waals surface area contributed by atoms with Crippen molar-refractivity contribution in [2.75, 3.05) is 0 Å². The predicted molar refractivity (Wildman–Crippen MR) is 91.5 cm³/mol. The summed E-state index contributed by atoms with van der Waals surface area (Å²) < 4.78 is 1.35. The molecule has 0 radical (unpaired) electrons. The van der Waals surface area contributed by atoms with E-state index in [1.165, 1.54) is 16.8 Å². The smallest absolute Gasteiger partial charge is 0.296 e. The zero-order valence-corrected chi connectivity index (χ0v) is 13.1. The lowest BCUT2D eigenvalue weighted by molar-refractivity contribution is 0.103. The van der Waals surface area contributed by atoms with Gasteiger partial charge in [-0.05, 0) is 23.8 Å². The van der Waals surface area contributed by atoms with E-state index in [4.69, 9.17) is 5.26 Å². The minimum atomic E-state index is -0.508. The van der Waals surface area contributed by atoms with Gasteiger partial charge >= 0.3 is 5.69 Å². The van der Waals surface area contributed by atoms with E-state index in [2.05, 4.69) is 4.98 Å². The summed E-state index contributed by atoms with van der Waals surface area (Å²) in [4.78, 5) is 37.7. The molecule has 1 aromatic heterocycles. The van der Waals surface area contributed by atoms with Gasteiger partial charge in [0.2, 0.25) is 0 Å². The molecule has 122 valence electrons. The van der Waals surface area contributed by atoms with Gasteiger partial charge in [-0.3, -0.25) is 19.1 Å². The van der Waals surface area contributed by atoms with Crippen LogP contribution in [0.3, 0.4) is 0 Å². The van der Waals surface area contributed by atoms with Crippen LogP contribution in [0, 0.1) is 11.3 Å². The molecule has 0 atom stereocenters. The van der Waals surface area contributed by atoms with Crippen molar-refractivity contribution in [3.63, 3.8) is 0 Å². The maximum Gasteiger partial charge on any atom is 0.328 e. The topological polar surface area (TPSA) is 95.7 Å². The van der Waals surface area contributed by atoms with E-state index in [9.17, 15) is 14.4 Å². The molecule has 1 heterocycles. The Kier molecular flexibility index (Phi) is 4.40. The molecule has 0 saturated heterocycles. The lowest BCUT2D eigenvalue weighted by Crippen LogP contribution is -2.28. The minimum absolute atomic E-state index is 0.201. The highest BCUT2D eigenvalue weighted by Gasteiger charge is 2.10. The molecule has 1 N–H and O–H groups in total. The highest BCUT2D eigenvalue weighted by Crippen LogP contribution is 2.13. The summed E-state index contributed by atoms with van der Waals surface area (Å²) in [5.74, 6) is -0.201. The molecule has 0 aliphatic heterocycles. The quantitative estimate of drug-likeness (QED) is 0.736. The van der Waals surface area contributed by atoms with E-state index < -0.39 is 11.2 Å². The number of aromatic nitrogens is 2. The Hall–Kier alpha value is -3.72. The Morgan fingerprint density at radius 2 is 1.76 bits per heavy atom. The number of H-pyrrole nitrogens is 1. The number of nitrogens with zero attached hydrogens (tertiary/aromatic N) is 2. The molecule has 0 amide bonds. The first-order valence-corrected chi connectivity index (χ1v) is 7.50. The molecule has 0 saturated carbocycles. The average Bonchev–Trinajstić information content (AvgIpc) is 2.64. The van der Waals surface area contributed by atoms with E-state index in [0.717, 1.165) is 5.56 Å². The summed E-state index contributed by atoms with van der Waals surface area (Å²) in [5, 5.41) is 8.95. The van der Waals surface area contributed by atoms with Crippen LogP contribution in [0.2, 0.25) is 0 Å². The van der Waals surface area contributed by atoms with Crippen molar-refractivity contribution in [2.24, 2.45) is 0 Å². The number of nitrogens with one attached hydrogen (secondary N) is 1. The van der Waals surface area contributed by atoms with Crippen LogP contribution < -0.4 is 11.2 Å². The fourth-order valence-electron chi connectivity index (χ4n) is 2.47. The Labute approximate surface area is 142 Å². The first-order valence-electron chi connectivity index (χ1n) is 7.50. The fourth-order valence-corrected chi connectivity index (χ4v) is 2.47. The number of benzene rings is 2. The molecule has 0 aliphatic rings. The number of ketones is 1. The zero-order chi connectivity index (χ0) is 17.8. The maximum atomic E-state index is 12.6. The normalized spacial score (nSPS) is 10.2. The number of rotatable bonds is 4. The molecule has 0 bridgehead atoms. The molecule has 6 heteroatoms. The monoisotopic (exact) mass is 331 g/mol. The van der Waals surface area contributed by atoms with Crippen molar-refractivity contribution in [1.29, 1.82) is 5.26 Å². The van der Waals surface area contributed by atoms with Crippen molar-refractivity contribution >= 4 is 5.78 Å². The lowest BCUT2D eigenvalue weighted by Gasteiger charge is -2.07. The predicted octanol–water partition coefficient (Wildman–Crippen LogP) is 1.69. The van der Waals surface area contributed by atoms with Crippen LogP contribution in [0.15, 0.2) is 70.4 Å². The maximum absolute atomic E-state index is 12.6. The zero-order valence-electron chi connectivity index (χ0n) is 13.1. The molecule has 0 aliphatic carbocycles. The molecule has 2 aromatic carbocycles. The minimum Gasteiger partial charge on any atom is -0.296 e. The summed E-state index contributed by atoms with van der Waals surface area (Å²) >= 11 is 0. The van der Waals surface area contributed by atoms with Crippen LogP contribution in [0.1, 0.15) is 27.0 Å². The third-order valence-corrected chi connectivity index (χ3v) is 3.69. The van der Waals surface area contributed by atoms with Crippen LogP contribution in [0.4, 0.5) is 0 Å². The van der Waals surface area contributed by atoms with Crippen molar-refractivity contribution in [3.8, 4) is 6.07 Å². The van der Waals surface area contributed by atoms with Gasteiger partial charge in [0.1, 0.15) is 0 Å². The van der Waals surface area contributed by atoms with Gasteiger partial charge in [-0.15, -0.1) is 0 Å². The summed E-state index contributed by atoms with van der Waals surface area (Å²) in [7, 11) is 0. The van der Waals surface area contributed by atoms with Crippen LogP contribution in [-0.4, -0.2) is 15.3 Å². The van der Waals surface area contributed by atoms with Gasteiger partial charge in [-0.1, -0.05) is 30.3 Å². The third kappa shape index (κ3) is 3.62. The number of nitriles is 1. The third-order valence-electron chi connectivity index (χ3n) is 3.69. The molecule has 25 heavy (non-hydrogen) atoms. The molecular weight excluding hydrogens is 318 g/mol. The van der Waals surface area contributed by atoms with Crippen molar-refractivity contribution in [1.82, 2.24) is 9.55 Å². The Morgan fingerprint density at radius 1 is 1.04 bits per heavy atom. The van der Waals surface area contributed by atoms with Gasteiger partial charge in [0, 0.05) is 23.4 Å². The lowest BCUT2D eigenvalue weighted by atomic mass is 10.00. The van der Waals surface area contributed by atoms with Crippen LogP contribution in [0.5, 0.6) is 0 Å². The van der Waals surface area contributed by atoms with E-state index in [1.54, 1.807) is 48.5 Å². The summed E-state index contributed by atoms with van der Waals surface area (Å²) in [6.07, 6.45) is 1.41. The average molecular weight is 331 g/mol. The highest BCUT2D eigenvalue weighted by atomic mass is 16.2. The van der Waals surface area contributed by atoms with Crippen LogP contribution in [-0.2, 0) is 6.54 Å². The molecular formula is C19H13N3O3. The molecule has 3 aromatic rings. The molecule has 0 fully saturated rings. The highest BCUT2D eigenvalue weighted by molar-refractivity contribution is 6.09. The van der Waals surface area contributed by atoms with Crippen molar-refractivity contribution in [2.45, 2.75) is 6.54 Å². The second-order valence-electron chi connectivity index (χ2n) is 5.46. The van der Waals surface area contributed by atoms with E-state index in [-0.39, 0.29) is 12.3 Å². The number of carbonyl (C=O) groups is 1. The first kappa shape index (κ1) is 16.1. The number of hydrogen-bond donors (Lipinski definition) is 1. The molecule has 6 nitrogen and oxygen atoms in total. The van der Waals surface area contributed by atoms with Gasteiger partial charge in [-0.25, -0.2) is 4.79 Å². The van der Waals surface area contributed by atoms with E-state index in [0.29, 0.717) is 16.7 Å². The van der Waals surface area contributed by atoms with Gasteiger partial charge in [0.15, 0.2) is 5.78 Å². The Morgan fingerprint density at radius 3 is 2.48 bits per heavy atom. The molecule has 0 spiro atoms. The summed E-state index contributed by atoms with van der Waals surface area (Å²) in [5.41, 5.74) is 1.09. The van der Waals surface area contributed by atoms with Crippen molar-refractivity contribution < 1.29 is 4.79 Å². The van der Waals surface area contributed by atoms with E-state index >= 15 is 0 Å². The largest absolute Gasteiger partial charge is 0.328 e. The Balaban J connectivity index is 1.91. The van der Waals surface area contributed by atoms with Crippen LogP contribution >= 0.6 is 0 Å². The van der Waals surface area contributed by atoms with Gasteiger partial charge in [0.25, 0.3) is 5.56 Å². The molecule has 0 unspecified atom stereocenters. The standard InChI is InChI=1S/C19H13N3O3/c20-11-13-3-1-5-15(9-13)18(24)16-6-2-4-14(10-16)12-22-8-7-17(23)21-19(22)25/h1-10H,12H2,(H,21,23,25). The Bertz CT molecular complexity index is 1100. The first-order chi connectivity index (χ1) is 12.1. The van der Waals surface area contributed by atoms with Gasteiger partial charge in [-0.2, -0.15) is 5.26 Å². The van der Waals surface area contributed by atoms with Gasteiger partial charge < -0.3 is 0 Å². The summed E-state index contributed by atoms with van der Waals surface area (Å²) in [6.45, 7) is 0.231.